The predicted octanol–water partition coefficient (Wildman–Crippen LogP) is 2.71. The van der Waals surface area contributed by atoms with Gasteiger partial charge in [0.25, 0.3) is 0 Å². The molecule has 1 fully saturated rings. The highest BCUT2D eigenvalue weighted by molar-refractivity contribution is 5.54. The maximum atomic E-state index is 13.7. The zero-order valence-corrected chi connectivity index (χ0v) is 15.6. The van der Waals surface area contributed by atoms with Gasteiger partial charge in [-0.3, -0.25) is 0 Å². The van der Waals surface area contributed by atoms with E-state index in [0.717, 1.165) is 17.1 Å². The Bertz CT molecular complexity index is 965. The van der Waals surface area contributed by atoms with Crippen molar-refractivity contribution in [2.24, 2.45) is 5.73 Å². The third kappa shape index (κ3) is 3.63. The fourth-order valence-electron chi connectivity index (χ4n) is 3.78. The van der Waals surface area contributed by atoms with E-state index in [1.165, 1.54) is 12.1 Å². The highest BCUT2D eigenvalue weighted by atomic mass is 19.1. The number of aliphatic hydroxyl groups excluding tert-OH is 1. The smallest absolute Gasteiger partial charge is 0.181 e. The number of methoxy groups -OCH3 is 1. The minimum atomic E-state index is -0.556. The lowest BCUT2D eigenvalue weighted by Crippen LogP contribution is -2.28. The maximum absolute atomic E-state index is 13.7. The largest absolute Gasteiger partial charge is 0.496 e. The standard InChI is InChI=1S/C21H23FN4O2/c1-28-19-8-3-2-5-14(19)12-26-21(15-10-17(23)18(27)11-15)24-20(25-26)13-6-4-7-16(22)9-13/h2-9,15,17-18,27H,10-12,23H2,1H3/t15-,17-,18-/m0/s1. The molecule has 3 atom stereocenters. The first-order valence-electron chi connectivity index (χ1n) is 9.31. The molecule has 3 aromatic rings. The summed E-state index contributed by atoms with van der Waals surface area (Å²) in [6.07, 6.45) is 0.613. The Morgan fingerprint density at radius 2 is 2.04 bits per heavy atom. The van der Waals surface area contributed by atoms with Gasteiger partial charge >= 0.3 is 0 Å². The predicted molar refractivity (Wildman–Crippen MR) is 103 cm³/mol. The first kappa shape index (κ1) is 18.6. The number of rotatable bonds is 5. The molecule has 2 aromatic carbocycles. The minimum absolute atomic E-state index is 0.00508. The van der Waals surface area contributed by atoms with Crippen molar-refractivity contribution in [2.45, 2.75) is 37.5 Å². The van der Waals surface area contributed by atoms with Gasteiger partial charge in [0.1, 0.15) is 17.4 Å². The van der Waals surface area contributed by atoms with Gasteiger partial charge in [-0.25, -0.2) is 14.1 Å². The molecule has 7 heteroatoms. The first-order chi connectivity index (χ1) is 13.5. The van der Waals surface area contributed by atoms with E-state index in [4.69, 9.17) is 15.5 Å². The Kier molecular flexibility index (Phi) is 5.11. The molecule has 1 aromatic heterocycles. The molecule has 0 amide bonds. The maximum Gasteiger partial charge on any atom is 0.181 e. The summed E-state index contributed by atoms with van der Waals surface area (Å²) in [5, 5.41) is 14.7. The van der Waals surface area contributed by atoms with Gasteiger partial charge in [0.05, 0.1) is 19.8 Å². The third-order valence-corrected chi connectivity index (χ3v) is 5.24. The molecule has 3 N–H and O–H groups in total. The molecule has 0 aliphatic heterocycles. The van der Waals surface area contributed by atoms with Crippen LogP contribution in [-0.4, -0.2) is 39.1 Å². The molecule has 0 bridgehead atoms. The number of hydrogen-bond acceptors (Lipinski definition) is 5. The minimum Gasteiger partial charge on any atom is -0.496 e. The van der Waals surface area contributed by atoms with Gasteiger partial charge in [-0.2, -0.15) is 5.10 Å². The summed E-state index contributed by atoms with van der Waals surface area (Å²) in [7, 11) is 1.63. The van der Waals surface area contributed by atoms with Crippen molar-refractivity contribution in [3.63, 3.8) is 0 Å². The Balaban J connectivity index is 1.75. The van der Waals surface area contributed by atoms with Gasteiger partial charge in [-0.1, -0.05) is 30.3 Å². The molecule has 1 aliphatic rings. The number of aromatic nitrogens is 3. The van der Waals surface area contributed by atoms with Crippen LogP contribution in [0.4, 0.5) is 4.39 Å². The number of benzene rings is 2. The van der Waals surface area contributed by atoms with Gasteiger partial charge in [0.15, 0.2) is 5.82 Å². The second-order valence-electron chi connectivity index (χ2n) is 7.17. The summed E-state index contributed by atoms with van der Waals surface area (Å²) in [4.78, 5) is 4.70. The lowest BCUT2D eigenvalue weighted by molar-refractivity contribution is 0.163. The summed E-state index contributed by atoms with van der Waals surface area (Å²) >= 11 is 0. The number of aliphatic hydroxyl groups is 1. The van der Waals surface area contributed by atoms with Crippen molar-refractivity contribution in [2.75, 3.05) is 7.11 Å². The topological polar surface area (TPSA) is 86.2 Å². The molecule has 0 unspecified atom stereocenters. The molecule has 0 saturated heterocycles. The molecular weight excluding hydrogens is 359 g/mol. The van der Waals surface area contributed by atoms with Gasteiger partial charge in [0.2, 0.25) is 0 Å². The number of nitrogens with two attached hydrogens (primary N) is 1. The van der Waals surface area contributed by atoms with E-state index < -0.39 is 6.10 Å². The fraction of sp³-hybridized carbons (Fsp3) is 0.333. The number of halogens is 1. The van der Waals surface area contributed by atoms with E-state index in [1.54, 1.807) is 19.2 Å². The van der Waals surface area contributed by atoms with Gasteiger partial charge < -0.3 is 15.6 Å². The third-order valence-electron chi connectivity index (χ3n) is 5.24. The zero-order chi connectivity index (χ0) is 19.7. The van der Waals surface area contributed by atoms with E-state index >= 15 is 0 Å². The average Bonchev–Trinajstić information content (AvgIpc) is 3.25. The summed E-state index contributed by atoms with van der Waals surface area (Å²) in [6.45, 7) is 0.462. The van der Waals surface area contributed by atoms with Crippen LogP contribution in [0.15, 0.2) is 48.5 Å². The van der Waals surface area contributed by atoms with Crippen LogP contribution >= 0.6 is 0 Å². The van der Waals surface area contributed by atoms with Crippen molar-refractivity contribution in [1.82, 2.24) is 14.8 Å². The Labute approximate surface area is 162 Å². The van der Waals surface area contributed by atoms with Crippen molar-refractivity contribution in [1.29, 1.82) is 0 Å². The summed E-state index contributed by atoms with van der Waals surface area (Å²) in [6, 6.07) is 13.7. The molecule has 28 heavy (non-hydrogen) atoms. The van der Waals surface area contributed by atoms with E-state index in [1.807, 2.05) is 28.9 Å². The number of ether oxygens (including phenoxy) is 1. The average molecular weight is 382 g/mol. The number of para-hydroxylation sites is 1. The first-order valence-corrected chi connectivity index (χ1v) is 9.31. The monoisotopic (exact) mass is 382 g/mol. The number of hydrogen-bond donors (Lipinski definition) is 2. The van der Waals surface area contributed by atoms with Crippen LogP contribution in [-0.2, 0) is 6.54 Å². The summed E-state index contributed by atoms with van der Waals surface area (Å²) < 4.78 is 20.9. The zero-order valence-electron chi connectivity index (χ0n) is 15.6. The highest BCUT2D eigenvalue weighted by Gasteiger charge is 2.34. The van der Waals surface area contributed by atoms with Crippen LogP contribution in [0.25, 0.3) is 11.4 Å². The van der Waals surface area contributed by atoms with E-state index in [9.17, 15) is 9.50 Å². The Morgan fingerprint density at radius 3 is 2.75 bits per heavy atom. The SMILES string of the molecule is COc1ccccc1Cn1nc(-c2cccc(F)c2)nc1[C@H]1C[C@H](N)[C@@H](O)C1. The van der Waals surface area contributed by atoms with Crippen LogP contribution in [0.1, 0.15) is 30.1 Å². The van der Waals surface area contributed by atoms with Gasteiger partial charge in [0, 0.05) is 23.1 Å². The van der Waals surface area contributed by atoms with Crippen LogP contribution in [0.3, 0.4) is 0 Å². The number of nitrogens with zero attached hydrogens (tertiary/aromatic N) is 3. The molecule has 1 saturated carbocycles. The second kappa shape index (κ2) is 7.69. The van der Waals surface area contributed by atoms with E-state index in [-0.39, 0.29) is 17.8 Å². The van der Waals surface area contributed by atoms with Crippen molar-refractivity contribution < 1.29 is 14.2 Å². The summed E-state index contributed by atoms with van der Waals surface area (Å²) in [5.41, 5.74) is 7.59. The lowest BCUT2D eigenvalue weighted by atomic mass is 10.1. The molecular formula is C21H23FN4O2. The quantitative estimate of drug-likeness (QED) is 0.709. The highest BCUT2D eigenvalue weighted by Crippen LogP contribution is 2.34. The molecule has 1 heterocycles. The Morgan fingerprint density at radius 1 is 1.21 bits per heavy atom. The van der Waals surface area contributed by atoms with Crippen LogP contribution < -0.4 is 10.5 Å². The molecule has 146 valence electrons. The van der Waals surface area contributed by atoms with E-state index in [0.29, 0.717) is 30.8 Å². The molecule has 1 aliphatic carbocycles. The Hall–Kier alpha value is -2.77. The fourth-order valence-corrected chi connectivity index (χ4v) is 3.78. The molecule has 0 radical (unpaired) electrons. The molecule has 4 rings (SSSR count). The summed E-state index contributed by atoms with van der Waals surface area (Å²) in [5.74, 6) is 1.63. The van der Waals surface area contributed by atoms with E-state index in [2.05, 4.69) is 5.10 Å². The van der Waals surface area contributed by atoms with Crippen LogP contribution in [0.5, 0.6) is 5.75 Å². The lowest BCUT2D eigenvalue weighted by Gasteiger charge is -2.13. The van der Waals surface area contributed by atoms with Crippen molar-refractivity contribution in [3.8, 4) is 17.1 Å². The van der Waals surface area contributed by atoms with Crippen molar-refractivity contribution >= 4 is 0 Å². The van der Waals surface area contributed by atoms with Crippen LogP contribution in [0, 0.1) is 5.82 Å². The second-order valence-corrected chi connectivity index (χ2v) is 7.17. The normalized spacial score (nSPS) is 21.8. The molecule has 6 nitrogen and oxygen atoms in total. The molecule has 0 spiro atoms. The van der Waals surface area contributed by atoms with Gasteiger partial charge in [-0.15, -0.1) is 0 Å². The van der Waals surface area contributed by atoms with Crippen LogP contribution in [0.2, 0.25) is 0 Å². The van der Waals surface area contributed by atoms with Gasteiger partial charge in [-0.05, 0) is 31.0 Å². The van der Waals surface area contributed by atoms with Crippen molar-refractivity contribution in [3.05, 3.63) is 65.7 Å².